The molecule has 0 saturated carbocycles. The van der Waals surface area contributed by atoms with Gasteiger partial charge >= 0.3 is 0 Å². The highest BCUT2D eigenvalue weighted by molar-refractivity contribution is 9.10. The Labute approximate surface area is 132 Å². The Morgan fingerprint density at radius 2 is 2.14 bits per heavy atom. The molecule has 0 amide bonds. The SMILES string of the molecule is Cc1nc(N(C)Cc2cccc(/C(N)=N/O)c2)ccc1Br. The van der Waals surface area contributed by atoms with Gasteiger partial charge in [-0.2, -0.15) is 0 Å². The second-order valence-corrected chi connectivity index (χ2v) is 5.63. The van der Waals surface area contributed by atoms with Crippen molar-refractivity contribution in [2.24, 2.45) is 10.9 Å². The van der Waals surface area contributed by atoms with Crippen molar-refractivity contribution in [1.82, 2.24) is 4.98 Å². The van der Waals surface area contributed by atoms with Crippen LogP contribution in [0.25, 0.3) is 0 Å². The van der Waals surface area contributed by atoms with Crippen LogP contribution in [0.2, 0.25) is 0 Å². The molecular weight excluding hydrogens is 332 g/mol. The van der Waals surface area contributed by atoms with E-state index in [1.807, 2.05) is 49.2 Å². The van der Waals surface area contributed by atoms with E-state index < -0.39 is 0 Å². The molecule has 0 bridgehead atoms. The molecule has 110 valence electrons. The molecule has 0 aliphatic rings. The van der Waals surface area contributed by atoms with Gasteiger partial charge in [0.05, 0.1) is 5.69 Å². The third-order valence-electron chi connectivity index (χ3n) is 3.15. The van der Waals surface area contributed by atoms with Gasteiger partial charge in [0.2, 0.25) is 0 Å². The van der Waals surface area contributed by atoms with Crippen LogP contribution in [-0.4, -0.2) is 23.1 Å². The number of anilines is 1. The summed E-state index contributed by atoms with van der Waals surface area (Å²) in [4.78, 5) is 6.58. The lowest BCUT2D eigenvalue weighted by Crippen LogP contribution is -2.19. The van der Waals surface area contributed by atoms with Gasteiger partial charge in [-0.25, -0.2) is 4.98 Å². The maximum Gasteiger partial charge on any atom is 0.170 e. The fourth-order valence-corrected chi connectivity index (χ4v) is 2.21. The van der Waals surface area contributed by atoms with Gasteiger partial charge in [0, 0.05) is 23.6 Å². The Morgan fingerprint density at radius 3 is 2.81 bits per heavy atom. The molecule has 21 heavy (non-hydrogen) atoms. The number of aromatic nitrogens is 1. The van der Waals surface area contributed by atoms with Crippen molar-refractivity contribution in [3.63, 3.8) is 0 Å². The highest BCUT2D eigenvalue weighted by Gasteiger charge is 2.07. The van der Waals surface area contributed by atoms with Crippen molar-refractivity contribution in [3.05, 3.63) is 57.7 Å². The summed E-state index contributed by atoms with van der Waals surface area (Å²) in [5.41, 5.74) is 8.32. The highest BCUT2D eigenvalue weighted by atomic mass is 79.9. The summed E-state index contributed by atoms with van der Waals surface area (Å²) in [7, 11) is 1.98. The highest BCUT2D eigenvalue weighted by Crippen LogP contribution is 2.19. The number of pyridine rings is 1. The molecule has 3 N–H and O–H groups in total. The van der Waals surface area contributed by atoms with Crippen LogP contribution >= 0.6 is 15.9 Å². The molecule has 2 rings (SSSR count). The van der Waals surface area contributed by atoms with Crippen molar-refractivity contribution in [2.75, 3.05) is 11.9 Å². The summed E-state index contributed by atoms with van der Waals surface area (Å²) in [6.45, 7) is 2.64. The van der Waals surface area contributed by atoms with E-state index in [1.165, 1.54) is 0 Å². The molecule has 0 aliphatic heterocycles. The fourth-order valence-electron chi connectivity index (χ4n) is 1.98. The molecule has 1 aromatic carbocycles. The molecule has 0 radical (unpaired) electrons. The number of nitrogens with zero attached hydrogens (tertiary/aromatic N) is 3. The van der Waals surface area contributed by atoms with Crippen molar-refractivity contribution < 1.29 is 5.21 Å². The average Bonchev–Trinajstić information content (AvgIpc) is 2.49. The number of hydrogen-bond acceptors (Lipinski definition) is 4. The number of halogens is 1. The summed E-state index contributed by atoms with van der Waals surface area (Å²) >= 11 is 3.45. The van der Waals surface area contributed by atoms with Gasteiger partial charge in [-0.05, 0) is 46.6 Å². The van der Waals surface area contributed by atoms with E-state index in [1.54, 1.807) is 6.07 Å². The molecule has 6 heteroatoms. The molecule has 1 heterocycles. The summed E-state index contributed by atoms with van der Waals surface area (Å²) in [5.74, 6) is 1.00. The monoisotopic (exact) mass is 348 g/mol. The lowest BCUT2D eigenvalue weighted by molar-refractivity contribution is 0.318. The summed E-state index contributed by atoms with van der Waals surface area (Å²) in [5, 5.41) is 11.8. The zero-order chi connectivity index (χ0) is 15.4. The minimum absolute atomic E-state index is 0.108. The van der Waals surface area contributed by atoms with Crippen LogP contribution in [0.15, 0.2) is 46.0 Å². The van der Waals surface area contributed by atoms with E-state index in [9.17, 15) is 0 Å². The summed E-state index contributed by atoms with van der Waals surface area (Å²) in [6.07, 6.45) is 0. The Hall–Kier alpha value is -2.08. The van der Waals surface area contributed by atoms with Gasteiger partial charge in [-0.1, -0.05) is 23.4 Å². The number of rotatable bonds is 4. The van der Waals surface area contributed by atoms with E-state index in [4.69, 9.17) is 10.9 Å². The number of benzene rings is 1. The third kappa shape index (κ3) is 3.72. The zero-order valence-electron chi connectivity index (χ0n) is 11.9. The number of aryl methyl sites for hydroxylation is 1. The maximum atomic E-state index is 8.73. The second-order valence-electron chi connectivity index (χ2n) is 4.78. The van der Waals surface area contributed by atoms with Gasteiger partial charge in [-0.15, -0.1) is 0 Å². The molecular formula is C15H17BrN4O. The van der Waals surface area contributed by atoms with E-state index in [0.717, 1.165) is 21.5 Å². The lowest BCUT2D eigenvalue weighted by Gasteiger charge is -2.19. The van der Waals surface area contributed by atoms with Gasteiger partial charge in [0.25, 0.3) is 0 Å². The van der Waals surface area contributed by atoms with Crippen LogP contribution < -0.4 is 10.6 Å². The minimum Gasteiger partial charge on any atom is -0.409 e. The van der Waals surface area contributed by atoms with Crippen LogP contribution in [-0.2, 0) is 6.54 Å². The first kappa shape index (κ1) is 15.3. The normalized spacial score (nSPS) is 11.5. The molecule has 0 unspecified atom stereocenters. The summed E-state index contributed by atoms with van der Waals surface area (Å²) in [6, 6.07) is 11.5. The summed E-state index contributed by atoms with van der Waals surface area (Å²) < 4.78 is 0.994. The quantitative estimate of drug-likeness (QED) is 0.385. The molecule has 0 aliphatic carbocycles. The van der Waals surface area contributed by atoms with Crippen molar-refractivity contribution in [1.29, 1.82) is 0 Å². The minimum atomic E-state index is 0.108. The largest absolute Gasteiger partial charge is 0.409 e. The van der Waals surface area contributed by atoms with Crippen molar-refractivity contribution in [2.45, 2.75) is 13.5 Å². The number of amidine groups is 1. The second kappa shape index (κ2) is 6.58. The molecule has 0 spiro atoms. The van der Waals surface area contributed by atoms with Crippen LogP contribution in [0.1, 0.15) is 16.8 Å². The van der Waals surface area contributed by atoms with Crippen LogP contribution in [0.4, 0.5) is 5.82 Å². The standard InChI is InChI=1S/C15H17BrN4O/c1-10-13(16)6-7-14(18-10)20(2)9-11-4-3-5-12(8-11)15(17)19-21/h3-8,21H,9H2,1-2H3,(H2,17,19). The van der Waals surface area contributed by atoms with Crippen LogP contribution in [0, 0.1) is 6.92 Å². The Bertz CT molecular complexity index is 672. The van der Waals surface area contributed by atoms with Crippen molar-refractivity contribution >= 4 is 27.6 Å². The smallest absolute Gasteiger partial charge is 0.170 e. The lowest BCUT2D eigenvalue weighted by atomic mass is 10.1. The van der Waals surface area contributed by atoms with Crippen LogP contribution in [0.5, 0.6) is 0 Å². The topological polar surface area (TPSA) is 74.7 Å². The predicted octanol–water partition coefficient (Wildman–Crippen LogP) is 2.88. The molecule has 5 nitrogen and oxygen atoms in total. The van der Waals surface area contributed by atoms with E-state index in [-0.39, 0.29) is 5.84 Å². The number of hydrogen-bond donors (Lipinski definition) is 2. The third-order valence-corrected chi connectivity index (χ3v) is 3.99. The van der Waals surface area contributed by atoms with Gasteiger partial charge < -0.3 is 15.8 Å². The molecule has 2 aromatic rings. The van der Waals surface area contributed by atoms with Gasteiger partial charge in [0.15, 0.2) is 5.84 Å². The van der Waals surface area contributed by atoms with E-state index >= 15 is 0 Å². The average molecular weight is 349 g/mol. The Balaban J connectivity index is 2.19. The molecule has 0 saturated heterocycles. The first-order valence-corrected chi connectivity index (χ1v) is 7.21. The fraction of sp³-hybridized carbons (Fsp3) is 0.200. The molecule has 0 fully saturated rings. The van der Waals surface area contributed by atoms with Crippen LogP contribution in [0.3, 0.4) is 0 Å². The van der Waals surface area contributed by atoms with Crippen molar-refractivity contribution in [3.8, 4) is 0 Å². The van der Waals surface area contributed by atoms with Gasteiger partial charge in [-0.3, -0.25) is 0 Å². The maximum absolute atomic E-state index is 8.73. The Morgan fingerprint density at radius 1 is 1.38 bits per heavy atom. The Kier molecular flexibility index (Phi) is 4.80. The first-order valence-electron chi connectivity index (χ1n) is 6.42. The molecule has 1 aromatic heterocycles. The molecule has 0 atom stereocenters. The van der Waals surface area contributed by atoms with E-state index in [0.29, 0.717) is 12.1 Å². The first-order chi connectivity index (χ1) is 10.0. The zero-order valence-corrected chi connectivity index (χ0v) is 13.5. The predicted molar refractivity (Wildman–Crippen MR) is 87.7 cm³/mol. The van der Waals surface area contributed by atoms with E-state index in [2.05, 4.69) is 26.1 Å². The number of nitrogens with two attached hydrogens (primary N) is 1. The van der Waals surface area contributed by atoms with Gasteiger partial charge in [0.1, 0.15) is 5.82 Å². The number of oxime groups is 1.